The Morgan fingerprint density at radius 1 is 1.35 bits per heavy atom. The van der Waals surface area contributed by atoms with Crippen LogP contribution in [0.3, 0.4) is 0 Å². The van der Waals surface area contributed by atoms with Crippen LogP contribution in [0.2, 0.25) is 0 Å². The van der Waals surface area contributed by atoms with Crippen molar-refractivity contribution in [2.75, 3.05) is 6.54 Å². The van der Waals surface area contributed by atoms with Crippen LogP contribution in [0.4, 0.5) is 0 Å². The quantitative estimate of drug-likeness (QED) is 0.813. The molecule has 1 amide bonds. The second kappa shape index (κ2) is 6.36. The first-order valence-electron chi connectivity index (χ1n) is 6.93. The lowest BCUT2D eigenvalue weighted by Gasteiger charge is -2.05. The Morgan fingerprint density at radius 2 is 2.15 bits per heavy atom. The highest BCUT2D eigenvalue weighted by Crippen LogP contribution is 2.02. The predicted octanol–water partition coefficient (Wildman–Crippen LogP) is 1.54. The van der Waals surface area contributed by atoms with Gasteiger partial charge in [0.1, 0.15) is 5.69 Å². The first-order chi connectivity index (χ1) is 9.60. The van der Waals surface area contributed by atoms with Gasteiger partial charge in [0, 0.05) is 31.5 Å². The molecule has 2 heterocycles. The molecule has 0 saturated carbocycles. The van der Waals surface area contributed by atoms with E-state index in [1.807, 2.05) is 31.6 Å². The smallest absolute Gasteiger partial charge is 0.271 e. The second-order valence-corrected chi connectivity index (χ2v) is 4.82. The van der Waals surface area contributed by atoms with E-state index in [0.29, 0.717) is 12.2 Å². The van der Waals surface area contributed by atoms with Crippen molar-refractivity contribution in [3.8, 4) is 0 Å². The average molecular weight is 275 g/mol. The summed E-state index contributed by atoms with van der Waals surface area (Å²) in [5.41, 5.74) is 2.64. The van der Waals surface area contributed by atoms with Crippen molar-refractivity contribution in [1.29, 1.82) is 0 Å². The highest BCUT2D eigenvalue weighted by molar-refractivity contribution is 5.92. The number of aryl methyl sites for hydroxylation is 4. The summed E-state index contributed by atoms with van der Waals surface area (Å²) in [4.78, 5) is 11.8. The molecule has 108 valence electrons. The minimum atomic E-state index is -0.120. The summed E-state index contributed by atoms with van der Waals surface area (Å²) in [5, 5.41) is 11.4. The summed E-state index contributed by atoms with van der Waals surface area (Å²) in [6.07, 6.45) is 2.66. The van der Waals surface area contributed by atoms with Crippen LogP contribution in [0.15, 0.2) is 18.3 Å². The zero-order chi connectivity index (χ0) is 14.5. The van der Waals surface area contributed by atoms with Crippen molar-refractivity contribution in [3.63, 3.8) is 0 Å². The van der Waals surface area contributed by atoms with Gasteiger partial charge in [0.2, 0.25) is 0 Å². The number of nitrogens with zero attached hydrogens (tertiary/aromatic N) is 4. The Morgan fingerprint density at radius 3 is 2.75 bits per heavy atom. The van der Waals surface area contributed by atoms with E-state index in [-0.39, 0.29) is 5.91 Å². The van der Waals surface area contributed by atoms with Crippen LogP contribution in [0.5, 0.6) is 0 Å². The molecule has 0 aromatic carbocycles. The standard InChI is InChI=1S/C14H21N5O/c1-4-18-9-6-13(17-18)14(20)15-7-5-8-19-12(3)10-11(2)16-19/h6,9-10H,4-5,7-8H2,1-3H3,(H,15,20). The van der Waals surface area contributed by atoms with Crippen molar-refractivity contribution in [3.05, 3.63) is 35.4 Å². The van der Waals surface area contributed by atoms with Crippen LogP contribution in [-0.2, 0) is 13.1 Å². The van der Waals surface area contributed by atoms with Gasteiger partial charge in [-0.2, -0.15) is 10.2 Å². The zero-order valence-corrected chi connectivity index (χ0v) is 12.3. The molecule has 20 heavy (non-hydrogen) atoms. The highest BCUT2D eigenvalue weighted by Gasteiger charge is 2.08. The van der Waals surface area contributed by atoms with E-state index >= 15 is 0 Å². The van der Waals surface area contributed by atoms with Crippen molar-refractivity contribution < 1.29 is 4.79 Å². The summed E-state index contributed by atoms with van der Waals surface area (Å²) in [6, 6.07) is 3.79. The van der Waals surface area contributed by atoms with Crippen LogP contribution in [0.1, 0.15) is 35.2 Å². The summed E-state index contributed by atoms with van der Waals surface area (Å²) in [5.74, 6) is -0.120. The SMILES string of the molecule is CCn1ccc(C(=O)NCCCn2nc(C)cc2C)n1. The van der Waals surface area contributed by atoms with E-state index in [0.717, 1.165) is 30.9 Å². The topological polar surface area (TPSA) is 64.7 Å². The average Bonchev–Trinajstić information content (AvgIpc) is 3.01. The van der Waals surface area contributed by atoms with Gasteiger partial charge >= 0.3 is 0 Å². The lowest BCUT2D eigenvalue weighted by molar-refractivity contribution is 0.0947. The van der Waals surface area contributed by atoms with Gasteiger partial charge in [0.25, 0.3) is 5.91 Å². The number of hydrogen-bond acceptors (Lipinski definition) is 3. The number of hydrogen-bond donors (Lipinski definition) is 1. The molecule has 0 bridgehead atoms. The van der Waals surface area contributed by atoms with Crippen LogP contribution >= 0.6 is 0 Å². The Kier molecular flexibility index (Phi) is 4.55. The van der Waals surface area contributed by atoms with Crippen LogP contribution in [0, 0.1) is 13.8 Å². The van der Waals surface area contributed by atoms with Gasteiger partial charge in [-0.15, -0.1) is 0 Å². The fraction of sp³-hybridized carbons (Fsp3) is 0.500. The van der Waals surface area contributed by atoms with E-state index in [1.54, 1.807) is 10.7 Å². The van der Waals surface area contributed by atoms with E-state index in [2.05, 4.69) is 21.6 Å². The number of carbonyl (C=O) groups excluding carboxylic acids is 1. The van der Waals surface area contributed by atoms with Crippen molar-refractivity contribution >= 4 is 5.91 Å². The van der Waals surface area contributed by atoms with Crippen molar-refractivity contribution in [2.45, 2.75) is 40.3 Å². The first-order valence-corrected chi connectivity index (χ1v) is 6.93. The molecule has 2 aromatic rings. The third kappa shape index (κ3) is 3.46. The molecule has 0 aliphatic heterocycles. The lowest BCUT2D eigenvalue weighted by atomic mass is 10.3. The van der Waals surface area contributed by atoms with E-state index in [4.69, 9.17) is 0 Å². The highest BCUT2D eigenvalue weighted by atomic mass is 16.1. The van der Waals surface area contributed by atoms with Gasteiger partial charge in [-0.05, 0) is 39.3 Å². The monoisotopic (exact) mass is 275 g/mol. The number of amides is 1. The molecule has 2 aromatic heterocycles. The zero-order valence-electron chi connectivity index (χ0n) is 12.3. The third-order valence-corrected chi connectivity index (χ3v) is 3.13. The fourth-order valence-corrected chi connectivity index (χ4v) is 2.08. The number of nitrogens with one attached hydrogen (secondary N) is 1. The normalized spacial score (nSPS) is 10.8. The molecule has 0 aliphatic carbocycles. The maximum absolute atomic E-state index is 11.8. The number of aromatic nitrogens is 4. The van der Waals surface area contributed by atoms with Crippen LogP contribution < -0.4 is 5.32 Å². The van der Waals surface area contributed by atoms with Gasteiger partial charge in [-0.1, -0.05) is 0 Å². The van der Waals surface area contributed by atoms with Gasteiger partial charge in [-0.25, -0.2) is 0 Å². The Balaban J connectivity index is 1.75. The van der Waals surface area contributed by atoms with Gasteiger partial charge in [0.05, 0.1) is 5.69 Å². The largest absolute Gasteiger partial charge is 0.351 e. The summed E-state index contributed by atoms with van der Waals surface area (Å²) in [7, 11) is 0. The molecule has 0 radical (unpaired) electrons. The van der Waals surface area contributed by atoms with E-state index in [1.165, 1.54) is 0 Å². The van der Waals surface area contributed by atoms with E-state index < -0.39 is 0 Å². The molecule has 0 atom stereocenters. The Labute approximate surface area is 118 Å². The molecule has 0 aliphatic rings. The fourth-order valence-electron chi connectivity index (χ4n) is 2.08. The molecule has 0 fully saturated rings. The minimum absolute atomic E-state index is 0.120. The number of rotatable bonds is 6. The summed E-state index contributed by atoms with van der Waals surface area (Å²) < 4.78 is 3.71. The lowest BCUT2D eigenvalue weighted by Crippen LogP contribution is -2.26. The van der Waals surface area contributed by atoms with Crippen molar-refractivity contribution in [2.24, 2.45) is 0 Å². The van der Waals surface area contributed by atoms with E-state index in [9.17, 15) is 4.79 Å². The molecule has 0 saturated heterocycles. The molecular formula is C14H21N5O. The van der Waals surface area contributed by atoms with Crippen molar-refractivity contribution in [1.82, 2.24) is 24.9 Å². The van der Waals surface area contributed by atoms with Gasteiger partial charge in [-0.3, -0.25) is 14.2 Å². The molecule has 1 N–H and O–H groups in total. The van der Waals surface area contributed by atoms with Crippen LogP contribution in [0.25, 0.3) is 0 Å². The number of carbonyl (C=O) groups is 1. The molecule has 2 rings (SSSR count). The molecule has 6 heteroatoms. The molecular weight excluding hydrogens is 254 g/mol. The van der Waals surface area contributed by atoms with Gasteiger partial charge < -0.3 is 5.32 Å². The maximum Gasteiger partial charge on any atom is 0.271 e. The molecule has 0 unspecified atom stereocenters. The third-order valence-electron chi connectivity index (χ3n) is 3.13. The molecule has 0 spiro atoms. The second-order valence-electron chi connectivity index (χ2n) is 4.82. The van der Waals surface area contributed by atoms with Gasteiger partial charge in [0.15, 0.2) is 0 Å². The Bertz CT molecular complexity index is 584. The summed E-state index contributed by atoms with van der Waals surface area (Å²) in [6.45, 7) is 8.21. The van der Waals surface area contributed by atoms with Crippen LogP contribution in [-0.4, -0.2) is 32.0 Å². The maximum atomic E-state index is 11.8. The first kappa shape index (κ1) is 14.3. The minimum Gasteiger partial charge on any atom is -0.351 e. The predicted molar refractivity (Wildman–Crippen MR) is 76.6 cm³/mol. The Hall–Kier alpha value is -2.11. The summed E-state index contributed by atoms with van der Waals surface area (Å²) >= 11 is 0. The molecule has 6 nitrogen and oxygen atoms in total.